The third-order valence-corrected chi connectivity index (χ3v) is 2.41. The summed E-state index contributed by atoms with van der Waals surface area (Å²) in [7, 11) is 0. The maximum Gasteiger partial charge on any atom is 0.123 e. The predicted octanol–water partition coefficient (Wildman–Crippen LogP) is 2.63. The second kappa shape index (κ2) is 4.86. The van der Waals surface area contributed by atoms with Crippen LogP contribution in [0.2, 0.25) is 0 Å². The van der Waals surface area contributed by atoms with Crippen molar-refractivity contribution in [1.29, 1.82) is 0 Å². The van der Waals surface area contributed by atoms with Crippen molar-refractivity contribution in [2.24, 2.45) is 5.73 Å². The van der Waals surface area contributed by atoms with Gasteiger partial charge >= 0.3 is 0 Å². The van der Waals surface area contributed by atoms with E-state index in [9.17, 15) is 0 Å². The van der Waals surface area contributed by atoms with Crippen LogP contribution in [0.25, 0.3) is 0 Å². The highest BCUT2D eigenvalue weighted by molar-refractivity contribution is 5.28. The summed E-state index contributed by atoms with van der Waals surface area (Å²) in [5.41, 5.74) is 7.73. The highest BCUT2D eigenvalue weighted by atomic mass is 16.5. The third kappa shape index (κ3) is 2.44. The van der Waals surface area contributed by atoms with E-state index < -0.39 is 0 Å². The predicted molar refractivity (Wildman–Crippen MR) is 62.1 cm³/mol. The molecule has 0 fully saturated rings. The summed E-state index contributed by atoms with van der Waals surface area (Å²) in [5.74, 6) is 1.65. The molecule has 1 aromatic carbocycles. The molecule has 3 nitrogen and oxygen atoms in total. The molecule has 2 aromatic rings. The summed E-state index contributed by atoms with van der Waals surface area (Å²) in [4.78, 5) is 0. The summed E-state index contributed by atoms with van der Waals surface area (Å²) in [6.07, 6.45) is 1.64. The van der Waals surface area contributed by atoms with Gasteiger partial charge in [0.2, 0.25) is 0 Å². The molecule has 0 aliphatic heterocycles. The van der Waals surface area contributed by atoms with Crippen LogP contribution in [0.3, 0.4) is 0 Å². The molecule has 1 heterocycles. The monoisotopic (exact) mass is 217 g/mol. The lowest BCUT2D eigenvalue weighted by Gasteiger charge is -2.06. The Morgan fingerprint density at radius 1 is 1.31 bits per heavy atom. The van der Waals surface area contributed by atoms with E-state index in [1.54, 1.807) is 6.26 Å². The van der Waals surface area contributed by atoms with Crippen molar-refractivity contribution in [2.45, 2.75) is 20.1 Å². The molecule has 2 rings (SSSR count). The molecule has 0 aliphatic carbocycles. The zero-order valence-corrected chi connectivity index (χ0v) is 9.27. The van der Waals surface area contributed by atoms with Crippen molar-refractivity contribution in [3.8, 4) is 5.75 Å². The molecule has 0 unspecified atom stereocenters. The SMILES string of the molecule is Cc1cccc(OCc2ccoc2CN)c1. The first-order valence-electron chi connectivity index (χ1n) is 5.24. The molecular weight excluding hydrogens is 202 g/mol. The molecule has 0 saturated carbocycles. The molecule has 3 heteroatoms. The van der Waals surface area contributed by atoms with Crippen LogP contribution in [0.1, 0.15) is 16.9 Å². The summed E-state index contributed by atoms with van der Waals surface area (Å²) in [6, 6.07) is 9.84. The minimum absolute atomic E-state index is 0.402. The highest BCUT2D eigenvalue weighted by Gasteiger charge is 2.04. The zero-order valence-electron chi connectivity index (χ0n) is 9.27. The van der Waals surface area contributed by atoms with E-state index in [1.807, 2.05) is 37.3 Å². The van der Waals surface area contributed by atoms with Crippen LogP contribution in [0.15, 0.2) is 41.0 Å². The minimum Gasteiger partial charge on any atom is -0.489 e. The third-order valence-electron chi connectivity index (χ3n) is 2.41. The maximum absolute atomic E-state index is 5.66. The van der Waals surface area contributed by atoms with E-state index in [0.29, 0.717) is 13.2 Å². The largest absolute Gasteiger partial charge is 0.489 e. The summed E-state index contributed by atoms with van der Waals surface area (Å²) >= 11 is 0. The minimum atomic E-state index is 0.402. The van der Waals surface area contributed by atoms with E-state index in [1.165, 1.54) is 5.56 Å². The summed E-state index contributed by atoms with van der Waals surface area (Å²) in [5, 5.41) is 0. The second-order valence-electron chi connectivity index (χ2n) is 3.68. The van der Waals surface area contributed by atoms with Gasteiger partial charge in [0.25, 0.3) is 0 Å². The molecule has 0 bridgehead atoms. The molecule has 1 aromatic heterocycles. The van der Waals surface area contributed by atoms with Crippen LogP contribution in [0.5, 0.6) is 5.75 Å². The van der Waals surface area contributed by atoms with Crippen molar-refractivity contribution in [3.05, 3.63) is 53.5 Å². The Kier molecular flexibility index (Phi) is 3.27. The Morgan fingerprint density at radius 2 is 2.19 bits per heavy atom. The lowest BCUT2D eigenvalue weighted by Crippen LogP contribution is -2.01. The fourth-order valence-electron chi connectivity index (χ4n) is 1.54. The van der Waals surface area contributed by atoms with Crippen LogP contribution in [0, 0.1) is 6.92 Å². The first-order chi connectivity index (χ1) is 7.79. The number of nitrogens with two attached hydrogens (primary N) is 1. The molecule has 0 spiro atoms. The van der Waals surface area contributed by atoms with Crippen molar-refractivity contribution < 1.29 is 9.15 Å². The zero-order chi connectivity index (χ0) is 11.4. The molecule has 84 valence electrons. The van der Waals surface area contributed by atoms with E-state index in [0.717, 1.165) is 17.1 Å². The quantitative estimate of drug-likeness (QED) is 0.856. The molecule has 0 atom stereocenters. The first-order valence-corrected chi connectivity index (χ1v) is 5.24. The van der Waals surface area contributed by atoms with Gasteiger partial charge in [0.15, 0.2) is 0 Å². The van der Waals surface area contributed by atoms with Crippen molar-refractivity contribution in [1.82, 2.24) is 0 Å². The molecule has 16 heavy (non-hydrogen) atoms. The van der Waals surface area contributed by atoms with Gasteiger partial charge < -0.3 is 14.9 Å². The maximum atomic E-state index is 5.66. The van der Waals surface area contributed by atoms with Gasteiger partial charge in [-0.25, -0.2) is 0 Å². The molecule has 0 radical (unpaired) electrons. The number of benzene rings is 1. The fourth-order valence-corrected chi connectivity index (χ4v) is 1.54. The lowest BCUT2D eigenvalue weighted by molar-refractivity contribution is 0.302. The van der Waals surface area contributed by atoms with Crippen LogP contribution >= 0.6 is 0 Å². The van der Waals surface area contributed by atoms with Gasteiger partial charge in [0.05, 0.1) is 12.8 Å². The van der Waals surface area contributed by atoms with Gasteiger partial charge in [-0.05, 0) is 30.7 Å². The number of aryl methyl sites for hydroxylation is 1. The van der Waals surface area contributed by atoms with Crippen molar-refractivity contribution in [2.75, 3.05) is 0 Å². The Balaban J connectivity index is 2.02. The van der Waals surface area contributed by atoms with Gasteiger partial charge in [-0.3, -0.25) is 0 Å². The van der Waals surface area contributed by atoms with E-state index >= 15 is 0 Å². The van der Waals surface area contributed by atoms with E-state index in [-0.39, 0.29) is 0 Å². The lowest BCUT2D eigenvalue weighted by atomic mass is 10.2. The van der Waals surface area contributed by atoms with E-state index in [2.05, 4.69) is 0 Å². The number of furan rings is 1. The van der Waals surface area contributed by atoms with Gasteiger partial charge in [0.1, 0.15) is 18.1 Å². The van der Waals surface area contributed by atoms with Crippen molar-refractivity contribution in [3.63, 3.8) is 0 Å². The molecular formula is C13H15NO2. The number of rotatable bonds is 4. The normalized spacial score (nSPS) is 10.4. The highest BCUT2D eigenvalue weighted by Crippen LogP contribution is 2.16. The second-order valence-corrected chi connectivity index (χ2v) is 3.68. The topological polar surface area (TPSA) is 48.4 Å². The fraction of sp³-hybridized carbons (Fsp3) is 0.231. The van der Waals surface area contributed by atoms with Crippen LogP contribution in [0.4, 0.5) is 0 Å². The summed E-state index contributed by atoms with van der Waals surface area (Å²) < 4.78 is 10.9. The summed E-state index contributed by atoms with van der Waals surface area (Å²) in [6.45, 7) is 2.93. The number of ether oxygens (including phenoxy) is 1. The standard InChI is InChI=1S/C13H15NO2/c1-10-3-2-4-12(7-10)16-9-11-5-6-15-13(11)8-14/h2-7H,8-9,14H2,1H3. The molecule has 2 N–H and O–H groups in total. The molecule has 0 amide bonds. The Labute approximate surface area is 94.8 Å². The Bertz CT molecular complexity index is 462. The van der Waals surface area contributed by atoms with E-state index in [4.69, 9.17) is 14.9 Å². The van der Waals surface area contributed by atoms with Gasteiger partial charge in [0, 0.05) is 5.56 Å². The van der Waals surface area contributed by atoms with Crippen LogP contribution in [-0.2, 0) is 13.2 Å². The first kappa shape index (κ1) is 10.8. The average molecular weight is 217 g/mol. The number of hydrogen-bond acceptors (Lipinski definition) is 3. The Hall–Kier alpha value is -1.74. The molecule has 0 saturated heterocycles. The van der Waals surface area contributed by atoms with Gasteiger partial charge in [-0.15, -0.1) is 0 Å². The Morgan fingerprint density at radius 3 is 2.94 bits per heavy atom. The smallest absolute Gasteiger partial charge is 0.123 e. The van der Waals surface area contributed by atoms with Crippen molar-refractivity contribution >= 4 is 0 Å². The number of hydrogen-bond donors (Lipinski definition) is 1. The van der Waals surface area contributed by atoms with Crippen LogP contribution < -0.4 is 10.5 Å². The average Bonchev–Trinajstić information content (AvgIpc) is 2.74. The van der Waals surface area contributed by atoms with Gasteiger partial charge in [-0.2, -0.15) is 0 Å². The van der Waals surface area contributed by atoms with Crippen LogP contribution in [-0.4, -0.2) is 0 Å². The molecule has 0 aliphatic rings. The van der Waals surface area contributed by atoms with Gasteiger partial charge in [-0.1, -0.05) is 12.1 Å².